The summed E-state index contributed by atoms with van der Waals surface area (Å²) in [4.78, 5) is 31.0. The van der Waals surface area contributed by atoms with Crippen molar-refractivity contribution in [3.05, 3.63) is 62.8 Å². The molecule has 26 heavy (non-hydrogen) atoms. The second-order valence-corrected chi connectivity index (χ2v) is 6.70. The van der Waals surface area contributed by atoms with Gasteiger partial charge in [0.25, 0.3) is 5.69 Å². The van der Waals surface area contributed by atoms with Gasteiger partial charge in [-0.2, -0.15) is 0 Å². The number of halogens is 1. The van der Waals surface area contributed by atoms with Crippen molar-refractivity contribution in [2.75, 3.05) is 31.1 Å². The van der Waals surface area contributed by atoms with Gasteiger partial charge in [-0.1, -0.05) is 23.7 Å². The monoisotopic (exact) mass is 374 g/mol. The van der Waals surface area contributed by atoms with E-state index in [4.69, 9.17) is 11.6 Å². The number of piperazine rings is 1. The van der Waals surface area contributed by atoms with E-state index >= 15 is 0 Å². The quantitative estimate of drug-likeness (QED) is 0.607. The van der Waals surface area contributed by atoms with E-state index < -0.39 is 4.92 Å². The maximum Gasteiger partial charge on any atom is 0.287 e. The number of amides is 1. The van der Waals surface area contributed by atoms with Gasteiger partial charge in [-0.15, -0.1) is 0 Å². The Morgan fingerprint density at radius 2 is 1.88 bits per heavy atom. The van der Waals surface area contributed by atoms with Crippen molar-refractivity contribution in [1.82, 2.24) is 9.88 Å². The van der Waals surface area contributed by atoms with Gasteiger partial charge in [-0.3, -0.25) is 14.9 Å². The third-order valence-corrected chi connectivity index (χ3v) is 4.70. The lowest BCUT2D eigenvalue weighted by Gasteiger charge is -2.36. The predicted molar refractivity (Wildman–Crippen MR) is 99.6 cm³/mol. The van der Waals surface area contributed by atoms with Crippen LogP contribution >= 0.6 is 11.6 Å². The first kappa shape index (κ1) is 18.1. The average molecular weight is 375 g/mol. The summed E-state index contributed by atoms with van der Waals surface area (Å²) >= 11 is 5.87. The molecule has 1 fully saturated rings. The minimum Gasteiger partial charge on any atom is -0.353 e. The summed E-state index contributed by atoms with van der Waals surface area (Å²) in [5.41, 5.74) is 1.69. The molecule has 1 aromatic carbocycles. The van der Waals surface area contributed by atoms with E-state index in [9.17, 15) is 14.9 Å². The Labute approximate surface area is 156 Å². The highest BCUT2D eigenvalue weighted by molar-refractivity contribution is 6.30. The first-order valence-corrected chi connectivity index (χ1v) is 8.70. The van der Waals surface area contributed by atoms with Crippen LogP contribution in [0.25, 0.3) is 0 Å². The molecule has 0 atom stereocenters. The van der Waals surface area contributed by atoms with Gasteiger partial charge < -0.3 is 9.80 Å². The molecule has 7 nitrogen and oxygen atoms in total. The molecule has 1 aliphatic rings. The summed E-state index contributed by atoms with van der Waals surface area (Å²) in [6.45, 7) is 4.32. The summed E-state index contributed by atoms with van der Waals surface area (Å²) in [5.74, 6) is 0.820. The third kappa shape index (κ3) is 4.11. The number of rotatable bonds is 4. The van der Waals surface area contributed by atoms with E-state index in [1.165, 1.54) is 12.3 Å². The van der Waals surface area contributed by atoms with Crippen molar-refractivity contribution in [3.63, 3.8) is 0 Å². The number of pyridine rings is 1. The summed E-state index contributed by atoms with van der Waals surface area (Å²) in [6, 6.07) is 8.82. The second kappa shape index (κ2) is 7.70. The molecule has 8 heteroatoms. The van der Waals surface area contributed by atoms with Crippen LogP contribution < -0.4 is 4.90 Å². The van der Waals surface area contributed by atoms with Crippen molar-refractivity contribution >= 4 is 29.0 Å². The molecule has 3 rings (SSSR count). The van der Waals surface area contributed by atoms with Gasteiger partial charge in [0.2, 0.25) is 5.91 Å². The summed E-state index contributed by atoms with van der Waals surface area (Å²) in [6.07, 6.45) is 1.63. The van der Waals surface area contributed by atoms with Crippen molar-refractivity contribution in [2.24, 2.45) is 0 Å². The Kier molecular flexibility index (Phi) is 5.37. The van der Waals surface area contributed by atoms with E-state index in [0.717, 1.165) is 16.9 Å². The van der Waals surface area contributed by atoms with E-state index in [1.54, 1.807) is 12.1 Å². The molecule has 0 N–H and O–H groups in total. The number of carbonyl (C=O) groups excluding carboxylic acids is 1. The van der Waals surface area contributed by atoms with Gasteiger partial charge in [0.1, 0.15) is 12.0 Å². The molecule has 136 valence electrons. The Morgan fingerprint density at radius 3 is 2.46 bits per heavy atom. The summed E-state index contributed by atoms with van der Waals surface area (Å²) < 4.78 is 0. The predicted octanol–water partition coefficient (Wildman–Crippen LogP) is 2.84. The lowest BCUT2D eigenvalue weighted by atomic mass is 10.1. The van der Waals surface area contributed by atoms with Crippen LogP contribution in [-0.4, -0.2) is 46.9 Å². The zero-order valence-electron chi connectivity index (χ0n) is 14.4. The van der Waals surface area contributed by atoms with E-state index in [1.807, 2.05) is 24.0 Å². The summed E-state index contributed by atoms with van der Waals surface area (Å²) in [7, 11) is 0. The van der Waals surface area contributed by atoms with E-state index in [-0.39, 0.29) is 11.6 Å². The number of carbonyl (C=O) groups is 1. The van der Waals surface area contributed by atoms with Crippen LogP contribution in [0.2, 0.25) is 5.02 Å². The minimum atomic E-state index is -0.447. The SMILES string of the molecule is Cc1cc([N+](=O)[O-])cnc1N1CCN(C(=O)Cc2ccc(Cl)cc2)CC1. The normalized spacial score (nSPS) is 14.4. The fraction of sp³-hybridized carbons (Fsp3) is 0.333. The molecular weight excluding hydrogens is 356 g/mol. The van der Waals surface area contributed by atoms with Crippen molar-refractivity contribution in [1.29, 1.82) is 0 Å². The highest BCUT2D eigenvalue weighted by Gasteiger charge is 2.23. The number of nitro groups is 1. The van der Waals surface area contributed by atoms with Crippen LogP contribution in [0.3, 0.4) is 0 Å². The minimum absolute atomic E-state index is 0.0111. The lowest BCUT2D eigenvalue weighted by molar-refractivity contribution is -0.385. The average Bonchev–Trinajstić information content (AvgIpc) is 2.63. The number of hydrogen-bond acceptors (Lipinski definition) is 5. The maximum atomic E-state index is 12.5. The lowest BCUT2D eigenvalue weighted by Crippen LogP contribution is -2.49. The van der Waals surface area contributed by atoms with Gasteiger partial charge in [0.05, 0.1) is 11.3 Å². The van der Waals surface area contributed by atoms with Gasteiger partial charge in [-0.25, -0.2) is 4.98 Å². The van der Waals surface area contributed by atoms with Crippen LogP contribution in [0.1, 0.15) is 11.1 Å². The number of hydrogen-bond donors (Lipinski definition) is 0. The van der Waals surface area contributed by atoms with Crippen molar-refractivity contribution in [2.45, 2.75) is 13.3 Å². The van der Waals surface area contributed by atoms with Gasteiger partial charge >= 0.3 is 0 Å². The van der Waals surface area contributed by atoms with Crippen molar-refractivity contribution < 1.29 is 9.72 Å². The van der Waals surface area contributed by atoms with Crippen LogP contribution in [-0.2, 0) is 11.2 Å². The Balaban J connectivity index is 1.59. The Bertz CT molecular complexity index is 818. The number of aryl methyl sites for hydroxylation is 1. The number of aromatic nitrogens is 1. The zero-order valence-corrected chi connectivity index (χ0v) is 15.1. The molecule has 0 spiro atoms. The summed E-state index contributed by atoms with van der Waals surface area (Å²) in [5, 5.41) is 11.5. The molecule has 2 aromatic rings. The number of anilines is 1. The van der Waals surface area contributed by atoms with Gasteiger partial charge in [0, 0.05) is 37.3 Å². The molecule has 0 unspecified atom stereocenters. The zero-order chi connectivity index (χ0) is 18.7. The topological polar surface area (TPSA) is 79.6 Å². The molecule has 1 aromatic heterocycles. The first-order chi connectivity index (χ1) is 12.4. The fourth-order valence-electron chi connectivity index (χ4n) is 3.04. The molecule has 1 aliphatic heterocycles. The largest absolute Gasteiger partial charge is 0.353 e. The van der Waals surface area contributed by atoms with Gasteiger partial charge in [-0.05, 0) is 30.2 Å². The van der Waals surface area contributed by atoms with Crippen LogP contribution in [0.4, 0.5) is 11.5 Å². The molecule has 1 amide bonds. The first-order valence-electron chi connectivity index (χ1n) is 8.32. The molecule has 0 aliphatic carbocycles. The van der Waals surface area contributed by atoms with E-state index in [0.29, 0.717) is 37.6 Å². The molecule has 0 radical (unpaired) electrons. The molecule has 0 saturated carbocycles. The second-order valence-electron chi connectivity index (χ2n) is 6.26. The number of nitrogens with zero attached hydrogens (tertiary/aromatic N) is 4. The van der Waals surface area contributed by atoms with Crippen LogP contribution in [0, 0.1) is 17.0 Å². The Hall–Kier alpha value is -2.67. The maximum absolute atomic E-state index is 12.5. The highest BCUT2D eigenvalue weighted by atomic mass is 35.5. The standard InChI is InChI=1S/C18H19ClN4O3/c1-13-10-16(23(25)26)12-20-18(13)22-8-6-21(7-9-22)17(24)11-14-2-4-15(19)5-3-14/h2-5,10,12H,6-9,11H2,1H3. The van der Waals surface area contributed by atoms with Crippen LogP contribution in [0.15, 0.2) is 36.5 Å². The molecule has 1 saturated heterocycles. The molecular formula is C18H19ClN4O3. The molecule has 2 heterocycles. The van der Waals surface area contributed by atoms with Gasteiger partial charge in [0.15, 0.2) is 0 Å². The van der Waals surface area contributed by atoms with Crippen LogP contribution in [0.5, 0.6) is 0 Å². The molecule has 0 bridgehead atoms. The number of benzene rings is 1. The fourth-order valence-corrected chi connectivity index (χ4v) is 3.17. The smallest absolute Gasteiger partial charge is 0.287 e. The van der Waals surface area contributed by atoms with E-state index in [2.05, 4.69) is 9.88 Å². The third-order valence-electron chi connectivity index (χ3n) is 4.45. The highest BCUT2D eigenvalue weighted by Crippen LogP contribution is 2.23. The Morgan fingerprint density at radius 1 is 1.23 bits per heavy atom. The van der Waals surface area contributed by atoms with Crippen molar-refractivity contribution in [3.8, 4) is 0 Å².